The molecule has 0 fully saturated rings. The number of nitrogens with zero attached hydrogens (tertiary/aromatic N) is 2. The van der Waals surface area contributed by atoms with Crippen molar-refractivity contribution < 1.29 is 37.3 Å². The Morgan fingerprint density at radius 2 is 1.69 bits per heavy atom. The number of nitro groups is 1. The van der Waals surface area contributed by atoms with Crippen molar-refractivity contribution in [2.45, 2.75) is 12.7 Å². The molecule has 0 aliphatic carbocycles. The Morgan fingerprint density at radius 1 is 1.03 bits per heavy atom. The Bertz CT molecular complexity index is 1150. The van der Waals surface area contributed by atoms with E-state index in [9.17, 15) is 42.5 Å². The predicted molar refractivity (Wildman–Crippen MR) is 101 cm³/mol. The van der Waals surface area contributed by atoms with Crippen molar-refractivity contribution in [2.24, 2.45) is 0 Å². The van der Waals surface area contributed by atoms with E-state index in [0.717, 1.165) is 18.2 Å². The predicted octanol–water partition coefficient (Wildman–Crippen LogP) is 2.01. The number of hydrogen-bond acceptors (Lipinski definition) is 6. The number of non-ortho nitro benzene ring substituents is 1. The summed E-state index contributed by atoms with van der Waals surface area (Å²) in [5, 5.41) is 14.9. The summed E-state index contributed by atoms with van der Waals surface area (Å²) in [5.41, 5.74) is -0.723. The van der Waals surface area contributed by atoms with Crippen LogP contribution in [0.15, 0.2) is 42.5 Å². The van der Waals surface area contributed by atoms with Crippen LogP contribution in [0, 0.1) is 10.1 Å². The molecule has 1 aliphatic rings. The monoisotopic (exact) mass is 450 g/mol. The molecule has 3 rings (SSSR count). The van der Waals surface area contributed by atoms with Crippen molar-refractivity contribution in [2.75, 3.05) is 11.9 Å². The molecule has 0 aromatic heterocycles. The fourth-order valence-corrected chi connectivity index (χ4v) is 2.92. The van der Waals surface area contributed by atoms with Gasteiger partial charge in [-0.1, -0.05) is 18.2 Å². The third-order valence-electron chi connectivity index (χ3n) is 4.47. The van der Waals surface area contributed by atoms with Crippen LogP contribution in [0.2, 0.25) is 0 Å². The van der Waals surface area contributed by atoms with Crippen LogP contribution in [0.4, 0.5) is 24.5 Å². The van der Waals surface area contributed by atoms with Gasteiger partial charge in [-0.3, -0.25) is 34.2 Å². The molecular formula is C19H13F3N4O6. The highest BCUT2D eigenvalue weighted by Crippen LogP contribution is 2.26. The van der Waals surface area contributed by atoms with Crippen LogP contribution in [0.1, 0.15) is 26.3 Å². The average molecular weight is 450 g/mol. The molecule has 0 spiro atoms. The number of carbonyl (C=O) groups is 4. The van der Waals surface area contributed by atoms with Crippen LogP contribution in [0.5, 0.6) is 0 Å². The van der Waals surface area contributed by atoms with Gasteiger partial charge in [0.05, 0.1) is 16.1 Å². The molecule has 0 atom stereocenters. The standard InChI is InChI=1S/C19H13F3N4O6/c20-19(21,22)18(30)24-14-4-2-1-3-10(14)8-23-15(27)9-25-16(28)12-6-5-11(26(31)32)7-13(12)17(25)29/h1-7H,8-9H2,(H,23,27)(H,24,30). The maximum absolute atomic E-state index is 12.5. The van der Waals surface area contributed by atoms with E-state index in [4.69, 9.17) is 0 Å². The largest absolute Gasteiger partial charge is 0.471 e. The van der Waals surface area contributed by atoms with Crippen LogP contribution in [-0.4, -0.2) is 46.2 Å². The summed E-state index contributed by atoms with van der Waals surface area (Å²) in [4.78, 5) is 58.9. The zero-order valence-corrected chi connectivity index (χ0v) is 15.9. The molecule has 1 aliphatic heterocycles. The lowest BCUT2D eigenvalue weighted by atomic mass is 10.1. The number of imide groups is 1. The molecule has 2 N–H and O–H groups in total. The number of fused-ring (bicyclic) bond motifs is 1. The van der Waals surface area contributed by atoms with E-state index in [-0.39, 0.29) is 28.9 Å². The summed E-state index contributed by atoms with van der Waals surface area (Å²) in [7, 11) is 0. The van der Waals surface area contributed by atoms with Crippen molar-refractivity contribution in [3.63, 3.8) is 0 Å². The number of nitro benzene ring substituents is 1. The fraction of sp³-hybridized carbons (Fsp3) is 0.158. The van der Waals surface area contributed by atoms with Gasteiger partial charge in [0, 0.05) is 24.4 Å². The Kier molecular flexibility index (Phi) is 5.91. The quantitative estimate of drug-likeness (QED) is 0.392. The van der Waals surface area contributed by atoms with Gasteiger partial charge >= 0.3 is 12.1 Å². The number of hydrogen-bond donors (Lipinski definition) is 2. The van der Waals surface area contributed by atoms with E-state index < -0.39 is 47.0 Å². The topological polar surface area (TPSA) is 139 Å². The van der Waals surface area contributed by atoms with Gasteiger partial charge in [-0.2, -0.15) is 13.2 Å². The SMILES string of the molecule is O=C(CN1C(=O)c2ccc([N+](=O)[O-])cc2C1=O)NCc1ccccc1NC(=O)C(F)(F)F. The second kappa shape index (κ2) is 8.45. The number of halogens is 3. The van der Waals surface area contributed by atoms with Crippen molar-refractivity contribution in [3.05, 3.63) is 69.3 Å². The van der Waals surface area contributed by atoms with Crippen LogP contribution in [-0.2, 0) is 16.1 Å². The number of carbonyl (C=O) groups excluding carboxylic acids is 4. The average Bonchev–Trinajstić information content (AvgIpc) is 2.96. The molecule has 0 radical (unpaired) electrons. The zero-order valence-electron chi connectivity index (χ0n) is 15.9. The Labute approximate surface area is 177 Å². The number of benzene rings is 2. The Morgan fingerprint density at radius 3 is 2.34 bits per heavy atom. The molecule has 166 valence electrons. The van der Waals surface area contributed by atoms with Gasteiger partial charge in [-0.25, -0.2) is 0 Å². The van der Waals surface area contributed by atoms with E-state index in [0.29, 0.717) is 4.90 Å². The lowest BCUT2D eigenvalue weighted by molar-refractivity contribution is -0.384. The van der Waals surface area contributed by atoms with Gasteiger partial charge < -0.3 is 10.6 Å². The first-order valence-corrected chi connectivity index (χ1v) is 8.86. The maximum Gasteiger partial charge on any atom is 0.471 e. The van der Waals surface area contributed by atoms with Crippen molar-refractivity contribution in [1.29, 1.82) is 0 Å². The molecule has 32 heavy (non-hydrogen) atoms. The molecule has 0 saturated carbocycles. The number of nitrogens with one attached hydrogen (secondary N) is 2. The lowest BCUT2D eigenvalue weighted by Gasteiger charge is -2.15. The van der Waals surface area contributed by atoms with Crippen molar-refractivity contribution >= 4 is 35.0 Å². The van der Waals surface area contributed by atoms with Gasteiger partial charge in [0.15, 0.2) is 0 Å². The first-order chi connectivity index (χ1) is 15.0. The van der Waals surface area contributed by atoms with Gasteiger partial charge in [0.2, 0.25) is 5.91 Å². The van der Waals surface area contributed by atoms with Crippen LogP contribution in [0.25, 0.3) is 0 Å². The minimum absolute atomic E-state index is 0.0893. The van der Waals surface area contributed by atoms with Crippen LogP contribution >= 0.6 is 0 Å². The normalized spacial score (nSPS) is 13.0. The fourth-order valence-electron chi connectivity index (χ4n) is 2.92. The molecule has 2 aromatic rings. The molecule has 1 heterocycles. The van der Waals surface area contributed by atoms with E-state index in [1.54, 1.807) is 5.32 Å². The van der Waals surface area contributed by atoms with Crippen LogP contribution < -0.4 is 10.6 Å². The van der Waals surface area contributed by atoms with Crippen molar-refractivity contribution in [1.82, 2.24) is 10.2 Å². The van der Waals surface area contributed by atoms with E-state index in [1.807, 2.05) is 0 Å². The summed E-state index contributed by atoms with van der Waals surface area (Å²) in [6.07, 6.45) is -5.10. The molecular weight excluding hydrogens is 437 g/mol. The molecule has 0 bridgehead atoms. The minimum Gasteiger partial charge on any atom is -0.350 e. The summed E-state index contributed by atoms with van der Waals surface area (Å²) in [5.74, 6) is -4.70. The Hall–Kier alpha value is -4.29. The number of alkyl halides is 3. The first kappa shape index (κ1) is 22.4. The summed E-state index contributed by atoms with van der Waals surface area (Å²) in [6, 6.07) is 8.55. The maximum atomic E-state index is 12.5. The van der Waals surface area contributed by atoms with Gasteiger partial charge in [-0.15, -0.1) is 0 Å². The second-order valence-electron chi connectivity index (χ2n) is 6.57. The van der Waals surface area contributed by atoms with Gasteiger partial charge in [0.25, 0.3) is 17.5 Å². The number of para-hydroxylation sites is 1. The number of amides is 4. The molecule has 0 unspecified atom stereocenters. The molecule has 10 nitrogen and oxygen atoms in total. The van der Waals surface area contributed by atoms with Gasteiger partial charge in [0.1, 0.15) is 6.54 Å². The van der Waals surface area contributed by atoms with Crippen molar-refractivity contribution in [3.8, 4) is 0 Å². The number of rotatable bonds is 6. The summed E-state index contributed by atoms with van der Waals surface area (Å²) >= 11 is 0. The van der Waals surface area contributed by atoms with Crippen LogP contribution in [0.3, 0.4) is 0 Å². The number of anilines is 1. The first-order valence-electron chi connectivity index (χ1n) is 8.86. The van der Waals surface area contributed by atoms with E-state index in [1.165, 1.54) is 24.3 Å². The zero-order chi connectivity index (χ0) is 23.6. The highest BCUT2D eigenvalue weighted by atomic mass is 19.4. The minimum atomic E-state index is -5.10. The van der Waals surface area contributed by atoms with E-state index >= 15 is 0 Å². The van der Waals surface area contributed by atoms with E-state index in [2.05, 4.69) is 5.32 Å². The molecule has 2 aromatic carbocycles. The third kappa shape index (κ3) is 4.55. The van der Waals surface area contributed by atoms with Gasteiger partial charge in [-0.05, 0) is 17.7 Å². The molecule has 4 amide bonds. The summed E-state index contributed by atoms with van der Waals surface area (Å²) in [6.45, 7) is -1.01. The molecule has 0 saturated heterocycles. The summed E-state index contributed by atoms with van der Waals surface area (Å²) < 4.78 is 37.4. The Balaban J connectivity index is 1.66. The lowest BCUT2D eigenvalue weighted by Crippen LogP contribution is -2.40. The highest BCUT2D eigenvalue weighted by molar-refractivity contribution is 6.22. The second-order valence-corrected chi connectivity index (χ2v) is 6.57. The molecule has 13 heteroatoms. The highest BCUT2D eigenvalue weighted by Gasteiger charge is 2.39. The smallest absolute Gasteiger partial charge is 0.350 e. The third-order valence-corrected chi connectivity index (χ3v) is 4.47.